The van der Waals surface area contributed by atoms with E-state index < -0.39 is 17.5 Å². The third-order valence-corrected chi connectivity index (χ3v) is 3.18. The van der Waals surface area contributed by atoms with Crippen LogP contribution in [0.2, 0.25) is 0 Å². The van der Waals surface area contributed by atoms with Crippen LogP contribution in [0.25, 0.3) is 0 Å². The van der Waals surface area contributed by atoms with E-state index in [-0.39, 0.29) is 6.42 Å². The fourth-order valence-corrected chi connectivity index (χ4v) is 2.19. The fraction of sp³-hybridized carbons (Fsp3) is 0.273. The van der Waals surface area contributed by atoms with Gasteiger partial charge in [0, 0.05) is 18.7 Å². The Kier molecular flexibility index (Phi) is 2.80. The van der Waals surface area contributed by atoms with E-state index in [0.717, 1.165) is 5.56 Å². The minimum absolute atomic E-state index is 0.204. The van der Waals surface area contributed by atoms with Crippen molar-refractivity contribution in [1.82, 2.24) is 0 Å². The van der Waals surface area contributed by atoms with Gasteiger partial charge in [-0.1, -0.05) is 0 Å². The van der Waals surface area contributed by atoms with Crippen molar-refractivity contribution in [3.05, 3.63) is 28.0 Å². The van der Waals surface area contributed by atoms with Crippen LogP contribution in [0.5, 0.6) is 0 Å². The zero-order valence-electron chi connectivity index (χ0n) is 8.59. The Labute approximate surface area is 100 Å². The molecule has 0 saturated carbocycles. The van der Waals surface area contributed by atoms with E-state index in [4.69, 9.17) is 0 Å². The Morgan fingerprint density at radius 1 is 1.38 bits per heavy atom. The highest BCUT2D eigenvalue weighted by Gasteiger charge is 2.31. The van der Waals surface area contributed by atoms with Crippen LogP contribution in [0.15, 0.2) is 16.6 Å². The number of nitrogens with zero attached hydrogens (tertiary/aromatic N) is 1. The molecule has 0 aromatic heterocycles. The average molecular weight is 286 g/mol. The second-order valence-corrected chi connectivity index (χ2v) is 4.54. The molecule has 0 unspecified atom stereocenters. The Morgan fingerprint density at radius 3 is 2.62 bits per heavy atom. The molecule has 1 aliphatic heterocycles. The number of amides is 1. The monoisotopic (exact) mass is 285 g/mol. The maximum atomic E-state index is 13.4. The smallest absolute Gasteiger partial charge is 0.294 e. The second-order valence-electron chi connectivity index (χ2n) is 3.68. The molecule has 1 saturated heterocycles. The van der Waals surface area contributed by atoms with E-state index in [2.05, 4.69) is 15.9 Å². The number of rotatable bonds is 1. The molecule has 1 fully saturated rings. The van der Waals surface area contributed by atoms with Crippen molar-refractivity contribution in [2.24, 2.45) is 0 Å². The van der Waals surface area contributed by atoms with Crippen LogP contribution in [0.1, 0.15) is 12.0 Å². The van der Waals surface area contributed by atoms with Crippen LogP contribution in [0.4, 0.5) is 10.1 Å². The zero-order valence-corrected chi connectivity index (χ0v) is 10.2. The number of aryl methyl sites for hydroxylation is 1. The topological polar surface area (TPSA) is 37.4 Å². The molecule has 1 aromatic rings. The molecule has 0 N–H and O–H groups in total. The Hall–Kier alpha value is -1.23. The van der Waals surface area contributed by atoms with Crippen molar-refractivity contribution in [2.45, 2.75) is 13.3 Å². The first kappa shape index (κ1) is 11.3. The number of hydrogen-bond acceptors (Lipinski definition) is 2. The molecule has 5 heteroatoms. The van der Waals surface area contributed by atoms with Gasteiger partial charge >= 0.3 is 0 Å². The highest BCUT2D eigenvalue weighted by atomic mass is 79.9. The van der Waals surface area contributed by atoms with E-state index in [9.17, 15) is 14.0 Å². The number of anilines is 1. The third-order valence-electron chi connectivity index (χ3n) is 2.58. The minimum atomic E-state index is -0.551. The molecule has 3 nitrogen and oxygen atoms in total. The summed E-state index contributed by atoms with van der Waals surface area (Å²) >= 11 is 3.07. The molecule has 0 radical (unpaired) electrons. The first-order valence-electron chi connectivity index (χ1n) is 4.81. The molecule has 1 amide bonds. The lowest BCUT2D eigenvalue weighted by Gasteiger charge is -2.17. The van der Waals surface area contributed by atoms with Crippen LogP contribution in [-0.4, -0.2) is 18.2 Å². The lowest BCUT2D eigenvalue weighted by Crippen LogP contribution is -2.27. The van der Waals surface area contributed by atoms with Gasteiger partial charge in [-0.2, -0.15) is 0 Å². The molecular formula is C11H9BrFNO2. The average Bonchev–Trinajstić information content (AvgIpc) is 2.54. The summed E-state index contributed by atoms with van der Waals surface area (Å²) in [7, 11) is 0. The highest BCUT2D eigenvalue weighted by molar-refractivity contribution is 9.10. The number of carbonyl (C=O) groups excluding carboxylic acids is 2. The molecule has 2 rings (SSSR count). The van der Waals surface area contributed by atoms with E-state index in [1.165, 1.54) is 11.0 Å². The number of benzene rings is 1. The van der Waals surface area contributed by atoms with Crippen LogP contribution >= 0.6 is 15.9 Å². The molecule has 1 heterocycles. The summed E-state index contributed by atoms with van der Waals surface area (Å²) in [6.45, 7) is 2.11. The van der Waals surface area contributed by atoms with Gasteiger partial charge in [0.2, 0.25) is 5.78 Å². The SMILES string of the molecule is Cc1cc(Br)c(F)cc1N1CCC(=O)C1=O. The predicted octanol–water partition coefficient (Wildman–Crippen LogP) is 2.20. The lowest BCUT2D eigenvalue weighted by atomic mass is 10.2. The summed E-state index contributed by atoms with van der Waals surface area (Å²) in [4.78, 5) is 23.9. The van der Waals surface area contributed by atoms with Crippen molar-refractivity contribution in [1.29, 1.82) is 0 Å². The van der Waals surface area contributed by atoms with Gasteiger partial charge in [-0.3, -0.25) is 9.59 Å². The van der Waals surface area contributed by atoms with Crippen LogP contribution in [-0.2, 0) is 9.59 Å². The fourth-order valence-electron chi connectivity index (χ4n) is 1.73. The van der Waals surface area contributed by atoms with Crippen LogP contribution in [0, 0.1) is 12.7 Å². The van der Waals surface area contributed by atoms with Crippen LogP contribution < -0.4 is 4.90 Å². The minimum Gasteiger partial charge on any atom is -0.305 e. The summed E-state index contributed by atoms with van der Waals surface area (Å²) in [5.74, 6) is -1.40. The maximum absolute atomic E-state index is 13.4. The molecule has 0 atom stereocenters. The van der Waals surface area contributed by atoms with E-state index >= 15 is 0 Å². The van der Waals surface area contributed by atoms with E-state index in [1.54, 1.807) is 13.0 Å². The van der Waals surface area contributed by atoms with Crippen molar-refractivity contribution >= 4 is 33.3 Å². The van der Waals surface area contributed by atoms with Crippen LogP contribution in [0.3, 0.4) is 0 Å². The maximum Gasteiger partial charge on any atom is 0.294 e. The van der Waals surface area contributed by atoms with Gasteiger partial charge in [0.1, 0.15) is 5.82 Å². The third kappa shape index (κ3) is 1.75. The first-order valence-corrected chi connectivity index (χ1v) is 5.60. The summed E-state index contributed by atoms with van der Waals surface area (Å²) in [5, 5.41) is 0. The Morgan fingerprint density at radius 2 is 2.06 bits per heavy atom. The number of ketones is 1. The van der Waals surface area contributed by atoms with E-state index in [1.807, 2.05) is 0 Å². The van der Waals surface area contributed by atoms with Gasteiger partial charge < -0.3 is 4.90 Å². The van der Waals surface area contributed by atoms with E-state index in [0.29, 0.717) is 16.7 Å². The first-order chi connectivity index (χ1) is 7.50. The summed E-state index contributed by atoms with van der Waals surface area (Å²) in [5.41, 5.74) is 1.23. The molecule has 84 valence electrons. The number of carbonyl (C=O) groups is 2. The quantitative estimate of drug-likeness (QED) is 0.742. The molecule has 0 bridgehead atoms. The standard InChI is InChI=1S/C11H9BrFNO2/c1-6-4-7(12)8(13)5-9(6)14-3-2-10(15)11(14)16/h4-5H,2-3H2,1H3. The zero-order chi connectivity index (χ0) is 11.9. The normalized spacial score (nSPS) is 16.1. The largest absolute Gasteiger partial charge is 0.305 e. The summed E-state index contributed by atoms with van der Waals surface area (Å²) in [6.07, 6.45) is 0.204. The molecule has 0 spiro atoms. The molecular weight excluding hydrogens is 277 g/mol. The van der Waals surface area contributed by atoms with Gasteiger partial charge in [-0.05, 0) is 40.5 Å². The van der Waals surface area contributed by atoms with Gasteiger partial charge in [0.05, 0.1) is 4.47 Å². The summed E-state index contributed by atoms with van der Waals surface area (Å²) in [6, 6.07) is 2.87. The molecule has 1 aliphatic rings. The Bertz CT molecular complexity index is 487. The van der Waals surface area contributed by atoms with Crippen molar-refractivity contribution in [3.8, 4) is 0 Å². The van der Waals surface area contributed by atoms with Crippen molar-refractivity contribution in [2.75, 3.05) is 11.4 Å². The number of hydrogen-bond donors (Lipinski definition) is 0. The second kappa shape index (κ2) is 3.97. The highest BCUT2D eigenvalue weighted by Crippen LogP contribution is 2.28. The van der Waals surface area contributed by atoms with Crippen molar-refractivity contribution in [3.63, 3.8) is 0 Å². The summed E-state index contributed by atoms with van der Waals surface area (Å²) < 4.78 is 13.7. The number of Topliss-reactive ketones (excluding diaryl/α,β-unsaturated/α-hetero) is 1. The Balaban J connectivity index is 2.45. The number of halogens is 2. The van der Waals surface area contributed by atoms with Gasteiger partial charge in [0.25, 0.3) is 5.91 Å². The van der Waals surface area contributed by atoms with Gasteiger partial charge in [-0.25, -0.2) is 4.39 Å². The molecule has 16 heavy (non-hydrogen) atoms. The van der Waals surface area contributed by atoms with Gasteiger partial charge in [-0.15, -0.1) is 0 Å². The van der Waals surface area contributed by atoms with Crippen molar-refractivity contribution < 1.29 is 14.0 Å². The molecule has 0 aliphatic carbocycles. The molecule has 1 aromatic carbocycles. The predicted molar refractivity (Wildman–Crippen MR) is 60.8 cm³/mol. The lowest BCUT2D eigenvalue weighted by molar-refractivity contribution is -0.133. The van der Waals surface area contributed by atoms with Gasteiger partial charge in [0.15, 0.2) is 0 Å².